The van der Waals surface area contributed by atoms with Crippen LogP contribution in [0, 0.1) is 13.8 Å². The molecule has 1 rings (SSSR count). The van der Waals surface area contributed by atoms with Gasteiger partial charge in [0.2, 0.25) is 0 Å². The van der Waals surface area contributed by atoms with Crippen LogP contribution in [-0.2, 0) is 12.8 Å². The summed E-state index contributed by atoms with van der Waals surface area (Å²) in [6.45, 7) is 9.11. The first kappa shape index (κ1) is 15.3. The van der Waals surface area contributed by atoms with Gasteiger partial charge in [0.05, 0.1) is 0 Å². The summed E-state index contributed by atoms with van der Waals surface area (Å²) in [5, 5.41) is 0. The fourth-order valence-corrected chi connectivity index (χ4v) is 2.61. The summed E-state index contributed by atoms with van der Waals surface area (Å²) in [6, 6.07) is 4.87. The van der Waals surface area contributed by atoms with E-state index in [-0.39, 0.29) is 0 Å². The van der Waals surface area contributed by atoms with Gasteiger partial charge in [-0.05, 0) is 61.8 Å². The van der Waals surface area contributed by atoms with Crippen LogP contribution in [0.25, 0.3) is 0 Å². The van der Waals surface area contributed by atoms with Crippen molar-refractivity contribution in [1.29, 1.82) is 0 Å². The van der Waals surface area contributed by atoms with Gasteiger partial charge in [-0.2, -0.15) is 0 Å². The molecule has 0 heteroatoms. The monoisotopic (exact) mass is 246 g/mol. The molecule has 0 saturated carbocycles. The summed E-state index contributed by atoms with van der Waals surface area (Å²) in [7, 11) is 0. The van der Waals surface area contributed by atoms with Gasteiger partial charge in [0.15, 0.2) is 0 Å². The minimum absolute atomic E-state index is 1.26. The molecular weight excluding hydrogens is 216 g/mol. The lowest BCUT2D eigenvalue weighted by atomic mass is 9.94. The Bertz CT molecular complexity index is 314. The van der Waals surface area contributed by atoms with E-state index in [1.165, 1.54) is 62.5 Å². The van der Waals surface area contributed by atoms with Crippen LogP contribution in [0.1, 0.15) is 74.6 Å². The van der Waals surface area contributed by atoms with Crippen LogP contribution < -0.4 is 0 Å². The molecule has 0 aromatic heterocycles. The van der Waals surface area contributed by atoms with Gasteiger partial charge >= 0.3 is 0 Å². The molecule has 1 aromatic rings. The van der Waals surface area contributed by atoms with Gasteiger partial charge in [-0.3, -0.25) is 0 Å². The average molecular weight is 246 g/mol. The molecule has 0 nitrogen and oxygen atoms in total. The van der Waals surface area contributed by atoms with Crippen LogP contribution in [0.15, 0.2) is 12.1 Å². The Kier molecular flexibility index (Phi) is 7.08. The molecule has 0 spiro atoms. The number of aryl methyl sites for hydroxylation is 4. The van der Waals surface area contributed by atoms with Crippen LogP contribution in [0.4, 0.5) is 0 Å². The van der Waals surface area contributed by atoms with Gasteiger partial charge in [0, 0.05) is 0 Å². The molecule has 0 saturated heterocycles. The van der Waals surface area contributed by atoms with Crippen LogP contribution >= 0.6 is 0 Å². The minimum Gasteiger partial charge on any atom is -0.0654 e. The SMILES string of the molecule is CCCCCc1cc(C)c(CCCCC)cc1C. The molecule has 0 heterocycles. The first-order valence-electron chi connectivity index (χ1n) is 7.78. The van der Waals surface area contributed by atoms with Crippen LogP contribution in [-0.4, -0.2) is 0 Å². The number of unbranched alkanes of at least 4 members (excludes halogenated alkanes) is 4. The molecule has 0 bridgehead atoms. The van der Waals surface area contributed by atoms with Gasteiger partial charge in [-0.1, -0.05) is 51.7 Å². The van der Waals surface area contributed by atoms with Crippen LogP contribution in [0.5, 0.6) is 0 Å². The zero-order chi connectivity index (χ0) is 13.4. The summed E-state index contributed by atoms with van der Waals surface area (Å²) in [4.78, 5) is 0. The predicted molar refractivity (Wildman–Crippen MR) is 82.4 cm³/mol. The molecule has 0 aliphatic heterocycles. The Hall–Kier alpha value is -0.780. The second kappa shape index (κ2) is 8.34. The number of hydrogen-bond acceptors (Lipinski definition) is 0. The van der Waals surface area contributed by atoms with E-state index in [2.05, 4.69) is 39.8 Å². The van der Waals surface area contributed by atoms with Crippen LogP contribution in [0.3, 0.4) is 0 Å². The van der Waals surface area contributed by atoms with Gasteiger partial charge in [-0.15, -0.1) is 0 Å². The van der Waals surface area contributed by atoms with E-state index in [0.29, 0.717) is 0 Å². The fraction of sp³-hybridized carbons (Fsp3) is 0.667. The van der Waals surface area contributed by atoms with Gasteiger partial charge in [-0.25, -0.2) is 0 Å². The average Bonchev–Trinajstić information content (AvgIpc) is 2.35. The molecule has 0 aliphatic rings. The summed E-state index contributed by atoms with van der Waals surface area (Å²) >= 11 is 0. The van der Waals surface area contributed by atoms with E-state index in [1.807, 2.05) is 0 Å². The smallest absolute Gasteiger partial charge is 0.0276 e. The van der Waals surface area contributed by atoms with Crippen molar-refractivity contribution in [3.8, 4) is 0 Å². The molecule has 18 heavy (non-hydrogen) atoms. The molecule has 0 radical (unpaired) electrons. The van der Waals surface area contributed by atoms with E-state index < -0.39 is 0 Å². The normalized spacial score (nSPS) is 10.9. The van der Waals surface area contributed by atoms with Crippen LogP contribution in [0.2, 0.25) is 0 Å². The van der Waals surface area contributed by atoms with Crippen molar-refractivity contribution in [2.24, 2.45) is 0 Å². The second-order valence-corrected chi connectivity index (χ2v) is 5.62. The first-order chi connectivity index (χ1) is 8.69. The fourth-order valence-electron chi connectivity index (χ4n) is 2.61. The van der Waals surface area contributed by atoms with Crippen molar-refractivity contribution >= 4 is 0 Å². The van der Waals surface area contributed by atoms with Crippen molar-refractivity contribution in [3.05, 3.63) is 34.4 Å². The van der Waals surface area contributed by atoms with Crippen molar-refractivity contribution in [2.45, 2.75) is 79.1 Å². The predicted octanol–water partition coefficient (Wildman–Crippen LogP) is 5.77. The van der Waals surface area contributed by atoms with Gasteiger partial charge in [0.1, 0.15) is 0 Å². The highest BCUT2D eigenvalue weighted by molar-refractivity contribution is 5.37. The molecule has 102 valence electrons. The van der Waals surface area contributed by atoms with Crippen molar-refractivity contribution in [2.75, 3.05) is 0 Å². The summed E-state index contributed by atoms with van der Waals surface area (Å²) in [5.41, 5.74) is 6.15. The standard InChI is InChI=1S/C18H30/c1-5-7-9-11-17-13-16(4)18(14-15(17)3)12-10-8-6-2/h13-14H,5-12H2,1-4H3. The highest BCUT2D eigenvalue weighted by Crippen LogP contribution is 2.20. The molecule has 0 aliphatic carbocycles. The highest BCUT2D eigenvalue weighted by Gasteiger charge is 2.04. The molecule has 0 amide bonds. The Morgan fingerprint density at radius 3 is 1.39 bits per heavy atom. The molecule has 0 fully saturated rings. The Labute approximate surface area is 114 Å². The molecule has 1 aromatic carbocycles. The molecular formula is C18H30. The van der Waals surface area contributed by atoms with Gasteiger partial charge < -0.3 is 0 Å². The lowest BCUT2D eigenvalue weighted by Crippen LogP contribution is -1.97. The summed E-state index contributed by atoms with van der Waals surface area (Å²) in [5.74, 6) is 0. The second-order valence-electron chi connectivity index (χ2n) is 5.62. The zero-order valence-electron chi connectivity index (χ0n) is 12.8. The topological polar surface area (TPSA) is 0 Å². The largest absolute Gasteiger partial charge is 0.0654 e. The van der Waals surface area contributed by atoms with Crippen molar-refractivity contribution in [3.63, 3.8) is 0 Å². The number of rotatable bonds is 8. The van der Waals surface area contributed by atoms with Crippen molar-refractivity contribution < 1.29 is 0 Å². The van der Waals surface area contributed by atoms with E-state index >= 15 is 0 Å². The van der Waals surface area contributed by atoms with E-state index in [0.717, 1.165) is 0 Å². The quantitative estimate of drug-likeness (QED) is 0.511. The summed E-state index contributed by atoms with van der Waals surface area (Å²) < 4.78 is 0. The highest BCUT2D eigenvalue weighted by atomic mass is 14.1. The minimum atomic E-state index is 1.26. The summed E-state index contributed by atoms with van der Waals surface area (Å²) in [6.07, 6.45) is 10.5. The van der Waals surface area contributed by atoms with Gasteiger partial charge in [0.25, 0.3) is 0 Å². The maximum Gasteiger partial charge on any atom is -0.0276 e. The molecule has 0 atom stereocenters. The lowest BCUT2D eigenvalue weighted by Gasteiger charge is -2.12. The van der Waals surface area contributed by atoms with E-state index in [9.17, 15) is 0 Å². The number of benzene rings is 1. The maximum absolute atomic E-state index is 2.44. The maximum atomic E-state index is 2.44. The first-order valence-corrected chi connectivity index (χ1v) is 7.78. The van der Waals surface area contributed by atoms with Crippen molar-refractivity contribution in [1.82, 2.24) is 0 Å². The Morgan fingerprint density at radius 2 is 1.06 bits per heavy atom. The van der Waals surface area contributed by atoms with E-state index in [1.54, 1.807) is 11.1 Å². The third-order valence-corrected chi connectivity index (χ3v) is 3.89. The molecule has 0 unspecified atom stereocenters. The lowest BCUT2D eigenvalue weighted by molar-refractivity contribution is 0.708. The molecule has 0 N–H and O–H groups in total. The third kappa shape index (κ3) is 4.84. The Balaban J connectivity index is 2.64. The van der Waals surface area contributed by atoms with E-state index in [4.69, 9.17) is 0 Å². The Morgan fingerprint density at radius 1 is 0.667 bits per heavy atom. The zero-order valence-corrected chi connectivity index (χ0v) is 12.8. The number of hydrogen-bond donors (Lipinski definition) is 0. The third-order valence-electron chi connectivity index (χ3n) is 3.89.